The number of rotatable bonds is 2. The molecule has 0 unspecified atom stereocenters. The zero-order valence-electron chi connectivity index (χ0n) is 6.28. The van der Waals surface area contributed by atoms with Crippen molar-refractivity contribution in [1.29, 1.82) is 0 Å². The summed E-state index contributed by atoms with van der Waals surface area (Å²) < 4.78 is 1.90. The minimum absolute atomic E-state index is 0.526. The third kappa shape index (κ3) is 1.11. The van der Waals surface area contributed by atoms with Gasteiger partial charge in [0, 0.05) is 20.6 Å². The van der Waals surface area contributed by atoms with Crippen LogP contribution in [0.1, 0.15) is 5.69 Å². The molecule has 0 radical (unpaired) electrons. The molecule has 0 aliphatic heterocycles. The van der Waals surface area contributed by atoms with E-state index < -0.39 is 0 Å². The van der Waals surface area contributed by atoms with Gasteiger partial charge in [-0.3, -0.25) is 0 Å². The second-order valence-electron chi connectivity index (χ2n) is 2.28. The number of hydrogen-bond acceptors (Lipinski definition) is 3. The first-order chi connectivity index (χ1) is 4.75. The van der Waals surface area contributed by atoms with Gasteiger partial charge in [-0.15, -0.1) is 0 Å². The lowest BCUT2D eigenvalue weighted by atomic mass is 10.5. The Kier molecular flexibility index (Phi) is 1.91. The maximum absolute atomic E-state index is 5.45. The first-order valence-electron chi connectivity index (χ1n) is 3.14. The Hall–Kier alpha value is -1.03. The molecule has 56 valence electrons. The van der Waals surface area contributed by atoms with Crippen molar-refractivity contribution in [1.82, 2.24) is 9.66 Å². The lowest BCUT2D eigenvalue weighted by Gasteiger charge is -2.15. The van der Waals surface area contributed by atoms with E-state index in [9.17, 15) is 0 Å². The summed E-state index contributed by atoms with van der Waals surface area (Å²) in [5, 5.41) is 1.93. The van der Waals surface area contributed by atoms with Crippen LogP contribution >= 0.6 is 0 Å². The second kappa shape index (κ2) is 2.70. The van der Waals surface area contributed by atoms with Crippen LogP contribution in [0, 0.1) is 0 Å². The molecule has 1 heterocycles. The Labute approximate surface area is 60.2 Å². The molecule has 1 aromatic heterocycles. The van der Waals surface area contributed by atoms with Crippen molar-refractivity contribution < 1.29 is 0 Å². The third-order valence-corrected chi connectivity index (χ3v) is 1.33. The van der Waals surface area contributed by atoms with Gasteiger partial charge < -0.3 is 10.7 Å². The van der Waals surface area contributed by atoms with Gasteiger partial charge in [0.1, 0.15) is 6.33 Å². The van der Waals surface area contributed by atoms with Gasteiger partial charge in [0.15, 0.2) is 0 Å². The Morgan fingerprint density at radius 1 is 1.70 bits per heavy atom. The lowest BCUT2D eigenvalue weighted by Crippen LogP contribution is -2.26. The summed E-state index contributed by atoms with van der Waals surface area (Å²) >= 11 is 0. The highest BCUT2D eigenvalue weighted by Gasteiger charge is 1.98. The fourth-order valence-electron chi connectivity index (χ4n) is 0.822. The molecular formula is C6H12N4. The predicted molar refractivity (Wildman–Crippen MR) is 40.2 cm³/mol. The Bertz CT molecular complexity index is 203. The molecule has 0 aromatic carbocycles. The Morgan fingerprint density at radius 2 is 2.40 bits per heavy atom. The topological polar surface area (TPSA) is 47.1 Å². The summed E-state index contributed by atoms with van der Waals surface area (Å²) in [6, 6.07) is 0. The van der Waals surface area contributed by atoms with Gasteiger partial charge in [-0.25, -0.2) is 9.66 Å². The van der Waals surface area contributed by atoms with E-state index in [-0.39, 0.29) is 0 Å². The van der Waals surface area contributed by atoms with Gasteiger partial charge in [-0.2, -0.15) is 0 Å². The van der Waals surface area contributed by atoms with Crippen molar-refractivity contribution in [3.63, 3.8) is 0 Å². The van der Waals surface area contributed by atoms with Gasteiger partial charge in [-0.05, 0) is 0 Å². The number of imidazole rings is 1. The van der Waals surface area contributed by atoms with E-state index in [1.54, 1.807) is 12.5 Å². The van der Waals surface area contributed by atoms with Crippen LogP contribution in [0.2, 0.25) is 0 Å². The first-order valence-corrected chi connectivity index (χ1v) is 3.14. The fourth-order valence-corrected chi connectivity index (χ4v) is 0.822. The fraction of sp³-hybridized carbons (Fsp3) is 0.500. The van der Waals surface area contributed by atoms with Crippen LogP contribution in [0.15, 0.2) is 12.5 Å². The molecule has 4 heteroatoms. The molecule has 0 saturated heterocycles. The minimum Gasteiger partial charge on any atom is -0.325 e. The molecule has 1 aromatic rings. The van der Waals surface area contributed by atoms with Crippen molar-refractivity contribution in [2.45, 2.75) is 6.54 Å². The highest BCUT2D eigenvalue weighted by molar-refractivity contribution is 5.00. The summed E-state index contributed by atoms with van der Waals surface area (Å²) in [5.74, 6) is 0. The average Bonchev–Trinajstić information content (AvgIpc) is 2.33. The van der Waals surface area contributed by atoms with Gasteiger partial charge in [0.25, 0.3) is 0 Å². The summed E-state index contributed by atoms with van der Waals surface area (Å²) in [6.45, 7) is 0.526. The quantitative estimate of drug-likeness (QED) is 0.604. The van der Waals surface area contributed by atoms with Gasteiger partial charge in [-0.1, -0.05) is 0 Å². The van der Waals surface area contributed by atoms with Crippen molar-refractivity contribution in [3.8, 4) is 0 Å². The highest BCUT2D eigenvalue weighted by atomic mass is 15.5. The van der Waals surface area contributed by atoms with E-state index in [0.29, 0.717) is 6.54 Å². The Morgan fingerprint density at radius 3 is 2.80 bits per heavy atom. The third-order valence-electron chi connectivity index (χ3n) is 1.33. The number of aromatic nitrogens is 2. The second-order valence-corrected chi connectivity index (χ2v) is 2.28. The van der Waals surface area contributed by atoms with Crippen LogP contribution in [-0.4, -0.2) is 23.8 Å². The van der Waals surface area contributed by atoms with E-state index in [1.807, 2.05) is 23.8 Å². The van der Waals surface area contributed by atoms with E-state index in [1.165, 1.54) is 0 Å². The monoisotopic (exact) mass is 140 g/mol. The molecule has 2 N–H and O–H groups in total. The summed E-state index contributed by atoms with van der Waals surface area (Å²) in [6.07, 6.45) is 3.50. The zero-order chi connectivity index (χ0) is 7.56. The number of nitrogens with zero attached hydrogens (tertiary/aromatic N) is 3. The summed E-state index contributed by atoms with van der Waals surface area (Å²) in [5.41, 5.74) is 6.46. The molecule has 0 saturated carbocycles. The zero-order valence-corrected chi connectivity index (χ0v) is 6.28. The normalized spacial score (nSPS) is 9.90. The maximum Gasteiger partial charge on any atom is 0.114 e. The predicted octanol–water partition coefficient (Wildman–Crippen LogP) is -0.461. The van der Waals surface area contributed by atoms with Crippen molar-refractivity contribution in [2.24, 2.45) is 5.73 Å². The van der Waals surface area contributed by atoms with Crippen molar-refractivity contribution in [2.75, 3.05) is 19.1 Å². The molecule has 0 spiro atoms. The average molecular weight is 140 g/mol. The molecule has 0 aliphatic carbocycles. The number of hydrogen-bond donors (Lipinski definition) is 1. The van der Waals surface area contributed by atoms with Crippen LogP contribution in [0.4, 0.5) is 0 Å². The molecule has 10 heavy (non-hydrogen) atoms. The highest BCUT2D eigenvalue weighted by Crippen LogP contribution is 1.95. The molecule has 4 nitrogen and oxygen atoms in total. The molecule has 0 aliphatic rings. The van der Waals surface area contributed by atoms with Gasteiger partial charge in [0.2, 0.25) is 0 Å². The van der Waals surface area contributed by atoms with Crippen LogP contribution < -0.4 is 10.7 Å². The molecule has 1 rings (SSSR count). The maximum atomic E-state index is 5.45. The largest absolute Gasteiger partial charge is 0.325 e. The molecular weight excluding hydrogens is 128 g/mol. The van der Waals surface area contributed by atoms with Crippen molar-refractivity contribution in [3.05, 3.63) is 18.2 Å². The minimum atomic E-state index is 0.526. The molecule has 0 amide bonds. The smallest absolute Gasteiger partial charge is 0.114 e. The van der Waals surface area contributed by atoms with E-state index in [0.717, 1.165) is 5.69 Å². The van der Waals surface area contributed by atoms with E-state index in [2.05, 4.69) is 4.98 Å². The van der Waals surface area contributed by atoms with E-state index in [4.69, 9.17) is 5.73 Å². The SMILES string of the molecule is CN(C)n1cncc1CN. The van der Waals surface area contributed by atoms with E-state index >= 15 is 0 Å². The first kappa shape index (κ1) is 7.08. The standard InChI is InChI=1S/C6H12N4/c1-9(2)10-5-8-4-6(10)3-7/h4-5H,3,7H2,1-2H3. The van der Waals surface area contributed by atoms with Crippen LogP contribution in [0.25, 0.3) is 0 Å². The molecule has 0 bridgehead atoms. The molecule has 0 fully saturated rings. The van der Waals surface area contributed by atoms with Crippen molar-refractivity contribution >= 4 is 0 Å². The van der Waals surface area contributed by atoms with Crippen LogP contribution in [0.3, 0.4) is 0 Å². The van der Waals surface area contributed by atoms with Crippen LogP contribution in [-0.2, 0) is 6.54 Å². The van der Waals surface area contributed by atoms with Gasteiger partial charge in [0.05, 0.1) is 11.9 Å². The Balaban J connectivity index is 2.90. The summed E-state index contributed by atoms with van der Waals surface area (Å²) in [4.78, 5) is 3.96. The van der Waals surface area contributed by atoms with Gasteiger partial charge >= 0.3 is 0 Å². The van der Waals surface area contributed by atoms with Crippen LogP contribution in [0.5, 0.6) is 0 Å². The number of nitrogens with two attached hydrogens (primary N) is 1. The molecule has 0 atom stereocenters. The lowest BCUT2D eigenvalue weighted by molar-refractivity contribution is 0.688. The summed E-state index contributed by atoms with van der Waals surface area (Å²) in [7, 11) is 3.89.